The van der Waals surface area contributed by atoms with E-state index in [1.807, 2.05) is 0 Å². The molecule has 714 valence electrons. The number of anilines is 3. The lowest BCUT2D eigenvalue weighted by atomic mass is 10.1. The smallest absolute Gasteiger partial charge is 0.369 e. The van der Waals surface area contributed by atoms with Crippen LogP contribution in [0.3, 0.4) is 0 Å². The Hall–Kier alpha value is -8.22. The van der Waals surface area contributed by atoms with Crippen molar-refractivity contribution in [3.8, 4) is 0 Å². The molecule has 12 aromatic rings. The summed E-state index contributed by atoms with van der Waals surface area (Å²) in [5.41, 5.74) is 11.6. The van der Waals surface area contributed by atoms with Gasteiger partial charge in [-0.1, -0.05) is 38.3 Å². The summed E-state index contributed by atoms with van der Waals surface area (Å²) in [5.74, 6) is -0.739. The Morgan fingerprint density at radius 1 is 0.361 bits per heavy atom. The number of H-pyrrole nitrogens is 6. The van der Waals surface area contributed by atoms with E-state index in [0.717, 1.165) is 53.3 Å². The average Bonchev–Trinajstić information content (AvgIpc) is 1.62. The number of rotatable bonds is 6. The van der Waals surface area contributed by atoms with Gasteiger partial charge < -0.3 is 117 Å². The molecule has 21 rings (SSSR count). The first-order valence-electron chi connectivity index (χ1n) is 37.8. The zero-order valence-corrected chi connectivity index (χ0v) is 75.7. The highest BCUT2D eigenvalue weighted by Gasteiger charge is 2.58. The van der Waals surface area contributed by atoms with Gasteiger partial charge >= 0.3 is 40.4 Å². The van der Waals surface area contributed by atoms with Gasteiger partial charge in [0.1, 0.15) is 61.0 Å². The maximum absolute atomic E-state index is 15.9. The van der Waals surface area contributed by atoms with Gasteiger partial charge in [0.15, 0.2) is 129 Å². The first kappa shape index (κ1) is 93.8. The minimum Gasteiger partial charge on any atom is -0.369 e. The van der Waals surface area contributed by atoms with Gasteiger partial charge in [0, 0.05) is 12.8 Å². The van der Waals surface area contributed by atoms with Crippen molar-refractivity contribution >= 4 is 197 Å². The molecule has 0 spiro atoms. The Morgan fingerprint density at radius 2 is 0.684 bits per heavy atom. The maximum atomic E-state index is 15.9. The molecule has 6 unspecified atom stereocenters. The van der Waals surface area contributed by atoms with Crippen LogP contribution in [0.25, 0.3) is 67.0 Å². The first-order valence-corrected chi connectivity index (χ1v) is 53.5. The second-order valence-corrected chi connectivity index (χ2v) is 46.2. The Labute approximate surface area is 758 Å². The lowest BCUT2D eigenvalue weighted by Gasteiger charge is -2.27. The molecule has 6 bridgehead atoms. The molecule has 9 fully saturated rings. The molecular weight excluding hydrogens is 2040 g/mol. The number of nitrogens with zero attached hydrogens (tertiary/aromatic N) is 23. The number of imidazole rings is 1. The Bertz CT molecular complexity index is 7010. The number of hydrogen-bond acceptors (Lipinski definition) is 50. The summed E-state index contributed by atoms with van der Waals surface area (Å²) in [6.07, 6.45) is -28.9. The van der Waals surface area contributed by atoms with Crippen LogP contribution in [0.15, 0.2) is 54.1 Å². The summed E-state index contributed by atoms with van der Waals surface area (Å²) in [6.45, 7) is -29.0. The minimum absolute atomic E-state index is 0.00497. The van der Waals surface area contributed by atoms with Gasteiger partial charge in [-0.05, 0) is 59.0 Å². The molecule has 0 radical (unpaired) electrons. The SMILES string of the molecule is Nc1nc2c(nnn2[C@@H]2O[C@@H]3COP(O)(=S)O[C@H]4[C@H](F)[C@H](n5cnc6c(=O)[nH]cnc65)O[C@@H]4COP(=O)(S)O[C@@H]2[C@@H]3F)c(=O)[nH]1.Nc1nc2c(nnn2[C@@H]2O[C@@H]3COP(O)(=S)O[C@H]4[C@H](F)[C@H](n5nnc6c(=O)[nH]cnc65)O[C@@H]4COP(O)(=S)O[C@@H]2C3)c(=O)[nH]1.Nc1nc2c(nnn2[C@@H]2O[C@@H]3COP(O)(=S)O[C@H]4[C@H](F)[C@H](n5nnc6c(=O)[nH]cnc65)O[C@@H]4COP(O)(=S)O[C@@H]2C3)c(=O)[nH]1. The average molecular weight is 2100 g/mol. The largest absolute Gasteiger partial charge is 0.386 e. The number of ether oxygens (including phenoxy) is 6. The first-order chi connectivity index (χ1) is 63.1. The molecule has 28 atom stereocenters. The topological polar surface area (TPSA) is 808 Å². The molecular formula is C55H60F4N32O30P6S6. The third-order valence-corrected chi connectivity index (χ3v) is 30.3. The number of nitrogens with two attached hydrogens (primary N) is 3. The Balaban J connectivity index is 0.000000129. The molecule has 0 aromatic carbocycles. The van der Waals surface area contributed by atoms with Gasteiger partial charge in [0.2, 0.25) is 17.8 Å². The molecule has 17 N–H and O–H groups in total. The van der Waals surface area contributed by atoms with Crippen LogP contribution in [0.2, 0.25) is 0 Å². The highest BCUT2D eigenvalue weighted by Crippen LogP contribution is 2.61. The number of nitrogens with one attached hydrogen (secondary N) is 6. The van der Waals surface area contributed by atoms with Gasteiger partial charge in [-0.2, -0.15) is 38.4 Å². The zero-order chi connectivity index (χ0) is 93.8. The van der Waals surface area contributed by atoms with Crippen LogP contribution in [0, 0.1) is 0 Å². The molecule has 78 heteroatoms. The lowest BCUT2D eigenvalue weighted by Crippen LogP contribution is -2.34. The molecule has 0 amide bonds. The van der Waals surface area contributed by atoms with Crippen molar-refractivity contribution in [2.75, 3.05) is 56.8 Å². The van der Waals surface area contributed by atoms with Crippen molar-refractivity contribution in [3.05, 3.63) is 87.4 Å². The van der Waals surface area contributed by atoms with Crippen molar-refractivity contribution in [2.45, 2.75) is 148 Å². The van der Waals surface area contributed by atoms with Gasteiger partial charge in [0.25, 0.3) is 33.4 Å². The molecule has 12 aromatic heterocycles. The van der Waals surface area contributed by atoms with Crippen molar-refractivity contribution in [2.24, 2.45) is 0 Å². The fourth-order valence-electron chi connectivity index (χ4n) is 15.1. The van der Waals surface area contributed by atoms with E-state index in [0.29, 0.717) is 0 Å². The predicted molar refractivity (Wildman–Crippen MR) is 447 cm³/mol. The van der Waals surface area contributed by atoms with Crippen LogP contribution in [-0.2, 0) is 146 Å². The van der Waals surface area contributed by atoms with Crippen LogP contribution in [-0.4, -0.2) is 306 Å². The van der Waals surface area contributed by atoms with Crippen LogP contribution in [0.5, 0.6) is 0 Å². The molecule has 0 saturated carbocycles. The fraction of sp³-hybridized carbons (Fsp3) is 0.545. The predicted octanol–water partition coefficient (Wildman–Crippen LogP) is -3.43. The second kappa shape index (κ2) is 36.0. The van der Waals surface area contributed by atoms with Crippen molar-refractivity contribution in [1.29, 1.82) is 0 Å². The fourth-order valence-corrected chi connectivity index (χ4v) is 23.8. The van der Waals surface area contributed by atoms with Crippen molar-refractivity contribution < 1.29 is 129 Å². The van der Waals surface area contributed by atoms with Crippen LogP contribution in [0.4, 0.5) is 35.4 Å². The molecule has 9 aliphatic heterocycles. The van der Waals surface area contributed by atoms with E-state index < -0.39 is 235 Å². The van der Waals surface area contributed by atoms with E-state index in [1.54, 1.807) is 0 Å². The lowest BCUT2D eigenvalue weighted by molar-refractivity contribution is -0.0651. The number of aromatic nitrogens is 29. The molecule has 9 aliphatic rings. The molecule has 133 heavy (non-hydrogen) atoms. The van der Waals surface area contributed by atoms with Crippen molar-refractivity contribution in [1.82, 2.24) is 144 Å². The van der Waals surface area contributed by atoms with E-state index in [2.05, 4.69) is 129 Å². The quantitative estimate of drug-likeness (QED) is 0.0438. The van der Waals surface area contributed by atoms with E-state index in [1.165, 1.54) is 0 Å². The number of hydrogen-bond donors (Lipinski definition) is 15. The standard InChI is InChI=1S/C19H20F2N10O10P2S2.2C18H20FN11O10P2S2/c20-7-5-1-36-42(34,44)40-11-6(39-17(8(11)21)30-4-25-9-13(30)23-3-24-15(9)32)2-37-43(35,45)41-12(7)18(38-5)31-14-10(28-29-31)16(33)27-19(22)26-14;2*19-8-11-7(38-17(8)29-12-9(25-27-29)14(31)22-4-21-12)3-36-41(33,43)39-6-1-5(2-35-42(34,44)40-11)37-16(6)30-13-10(26-28-30)15(32)24-18(20)23-13/h3-8,11-12,17-18H,1-2H2,(H,34,44)(H,35,45)(H,23,24,32)(H3,22,26,27,33);2*4-8,11,16-17H,1-3H2,(H,33,43)(H,34,44)(H,21,22,31)(H3,20,23,24,32)/t5-,6-,7-,8+,11-,12-,17-,18-,42?,43?;2*5-,6+,7+,8-,11+,16+,17+,41?,42?/m100/s1. The number of alkyl halides is 4. The summed E-state index contributed by atoms with van der Waals surface area (Å²) < 4.78 is 184. The number of aromatic amines is 6. The second-order valence-electron chi connectivity index (χ2n) is 29.4. The molecule has 9 saturated heterocycles. The van der Waals surface area contributed by atoms with Crippen LogP contribution < -0.4 is 50.6 Å². The monoisotopic (exact) mass is 2100 g/mol. The van der Waals surface area contributed by atoms with Gasteiger partial charge in [0.05, 0.1) is 77.2 Å². The zero-order valence-electron chi connectivity index (χ0n) is 65.3. The van der Waals surface area contributed by atoms with E-state index in [4.69, 9.17) is 159 Å². The van der Waals surface area contributed by atoms with Crippen LogP contribution in [0.1, 0.15) is 50.2 Å². The third kappa shape index (κ3) is 18.6. The van der Waals surface area contributed by atoms with Gasteiger partial charge in [-0.25, -0.2) is 42.1 Å². The maximum Gasteiger partial charge on any atom is 0.386 e. The highest BCUT2D eigenvalue weighted by molar-refractivity contribution is 8.44. The summed E-state index contributed by atoms with van der Waals surface area (Å²) in [7, 11) is 0. The highest BCUT2D eigenvalue weighted by atomic mass is 32.7. The van der Waals surface area contributed by atoms with Crippen LogP contribution >= 0.6 is 52.6 Å². The summed E-state index contributed by atoms with van der Waals surface area (Å²) >= 11 is 29.8. The summed E-state index contributed by atoms with van der Waals surface area (Å²) in [5, 5.41) is 38.0. The molecule has 0 aliphatic carbocycles. The normalized spacial score (nSPS) is 36.9. The number of halogens is 4. The summed E-state index contributed by atoms with van der Waals surface area (Å²) in [6, 6.07) is 0. The Kier molecular flexibility index (Phi) is 25.4. The Morgan fingerprint density at radius 3 is 1.10 bits per heavy atom. The van der Waals surface area contributed by atoms with Gasteiger partial charge in [-0.15, -0.1) is 25.5 Å². The minimum atomic E-state index is -4.54. The van der Waals surface area contributed by atoms with Crippen molar-refractivity contribution in [3.63, 3.8) is 0 Å². The number of nitrogen functional groups attached to an aromatic ring is 3. The number of thiol groups is 1. The van der Waals surface area contributed by atoms with E-state index in [9.17, 15) is 57.8 Å². The molecule has 21 heterocycles. The summed E-state index contributed by atoms with van der Waals surface area (Å²) in [4.78, 5) is 169. The number of fused-ring (bicyclic) bond motifs is 15. The van der Waals surface area contributed by atoms with Gasteiger partial charge in [-0.3, -0.25) is 70.9 Å². The molecule has 62 nitrogen and oxygen atoms in total. The van der Waals surface area contributed by atoms with E-state index in [-0.39, 0.29) is 111 Å². The third-order valence-electron chi connectivity index (χ3n) is 20.8. The van der Waals surface area contributed by atoms with E-state index >= 15 is 17.6 Å².